The summed E-state index contributed by atoms with van der Waals surface area (Å²) in [6.45, 7) is 9.84. The van der Waals surface area contributed by atoms with Gasteiger partial charge in [-0.05, 0) is 50.8 Å². The van der Waals surface area contributed by atoms with E-state index in [0.29, 0.717) is 29.1 Å². The number of ether oxygens (including phenoxy) is 1. The lowest BCUT2D eigenvalue weighted by molar-refractivity contribution is -0.115. The zero-order valence-electron chi connectivity index (χ0n) is 18.7. The number of hydrogen-bond acceptors (Lipinski definition) is 5. The number of aromatic hydroxyl groups is 1. The third-order valence-electron chi connectivity index (χ3n) is 5.26. The van der Waals surface area contributed by atoms with Gasteiger partial charge in [0.05, 0.1) is 18.1 Å². The molecule has 0 radical (unpaired) electrons. The Kier molecular flexibility index (Phi) is 8.04. The minimum absolute atomic E-state index is 0.0560. The molecular formula is C25H32O5. The smallest absolute Gasteiger partial charge is 0.343 e. The fourth-order valence-corrected chi connectivity index (χ4v) is 3.43. The Labute approximate surface area is 178 Å². The first-order valence-corrected chi connectivity index (χ1v) is 10.3. The molecule has 1 atom stereocenters. The molecule has 0 aliphatic carbocycles. The summed E-state index contributed by atoms with van der Waals surface area (Å²) in [4.78, 5) is 24.5. The third-order valence-corrected chi connectivity index (χ3v) is 5.26. The van der Waals surface area contributed by atoms with Gasteiger partial charge < -0.3 is 14.3 Å². The van der Waals surface area contributed by atoms with Gasteiger partial charge in [0.1, 0.15) is 17.1 Å². The summed E-state index contributed by atoms with van der Waals surface area (Å²) in [7, 11) is 1.53. The standard InChI is InChI=1S/C25H32O5/c1-15(2)12-19(26)13-16(3)8-7-9-17(4)18(5)23-24(27)21-11-10-20(29-6)14-22(21)30-25(23)28/h9-11,13-15,18,27H,7-8,12H2,1-6H3/b16-13-,17-9+/t18-/m1/s1. The average molecular weight is 413 g/mol. The normalized spacial score (nSPS) is 13.7. The number of hydrogen-bond donors (Lipinski definition) is 1. The van der Waals surface area contributed by atoms with Crippen molar-refractivity contribution in [2.45, 2.75) is 59.8 Å². The van der Waals surface area contributed by atoms with Gasteiger partial charge in [-0.25, -0.2) is 4.79 Å². The van der Waals surface area contributed by atoms with Gasteiger partial charge in [-0.1, -0.05) is 38.0 Å². The molecule has 0 saturated carbocycles. The molecule has 5 heteroatoms. The first-order chi connectivity index (χ1) is 14.1. The van der Waals surface area contributed by atoms with Gasteiger partial charge in [0.25, 0.3) is 0 Å². The fourth-order valence-electron chi connectivity index (χ4n) is 3.43. The topological polar surface area (TPSA) is 76.7 Å². The van der Waals surface area contributed by atoms with Gasteiger partial charge in [0.2, 0.25) is 0 Å². The maximum atomic E-state index is 12.5. The second-order valence-electron chi connectivity index (χ2n) is 8.28. The van der Waals surface area contributed by atoms with E-state index in [1.54, 1.807) is 24.3 Å². The van der Waals surface area contributed by atoms with E-state index in [0.717, 1.165) is 24.0 Å². The first-order valence-electron chi connectivity index (χ1n) is 10.3. The van der Waals surface area contributed by atoms with Crippen LogP contribution in [0, 0.1) is 5.92 Å². The van der Waals surface area contributed by atoms with Gasteiger partial charge in [-0.3, -0.25) is 4.79 Å². The summed E-state index contributed by atoms with van der Waals surface area (Å²) in [5.74, 6) is 0.718. The zero-order chi connectivity index (χ0) is 22.4. The van der Waals surface area contributed by atoms with Gasteiger partial charge in [0.15, 0.2) is 5.78 Å². The van der Waals surface area contributed by atoms with Crippen molar-refractivity contribution in [1.29, 1.82) is 0 Å². The second kappa shape index (κ2) is 10.3. The molecule has 0 fully saturated rings. The fraction of sp³-hybridized carbons (Fsp3) is 0.440. The van der Waals surface area contributed by atoms with Crippen LogP contribution >= 0.6 is 0 Å². The van der Waals surface area contributed by atoms with Crippen molar-refractivity contribution < 1.29 is 19.1 Å². The Balaban J connectivity index is 2.18. The molecule has 0 spiro atoms. The van der Waals surface area contributed by atoms with Crippen LogP contribution in [0.1, 0.15) is 65.4 Å². The maximum absolute atomic E-state index is 12.5. The molecule has 1 aromatic heterocycles. The van der Waals surface area contributed by atoms with Gasteiger partial charge in [-0.15, -0.1) is 0 Å². The summed E-state index contributed by atoms with van der Waals surface area (Å²) in [5.41, 5.74) is 2.00. The largest absolute Gasteiger partial charge is 0.507 e. The van der Waals surface area contributed by atoms with Crippen LogP contribution in [0.15, 0.2) is 50.7 Å². The maximum Gasteiger partial charge on any atom is 0.343 e. The number of ketones is 1. The quantitative estimate of drug-likeness (QED) is 0.315. The van der Waals surface area contributed by atoms with Crippen molar-refractivity contribution in [3.63, 3.8) is 0 Å². The van der Waals surface area contributed by atoms with E-state index < -0.39 is 5.63 Å². The van der Waals surface area contributed by atoms with Crippen LogP contribution in [-0.4, -0.2) is 18.0 Å². The molecule has 0 amide bonds. The van der Waals surface area contributed by atoms with Crippen molar-refractivity contribution in [2.24, 2.45) is 5.92 Å². The number of carbonyl (C=O) groups is 1. The van der Waals surface area contributed by atoms with Crippen LogP contribution in [0.5, 0.6) is 11.5 Å². The number of allylic oxidation sites excluding steroid dienone is 4. The van der Waals surface area contributed by atoms with Crippen LogP contribution in [0.4, 0.5) is 0 Å². The molecule has 5 nitrogen and oxygen atoms in total. The first kappa shape index (κ1) is 23.5. The van der Waals surface area contributed by atoms with Gasteiger partial charge in [0, 0.05) is 18.4 Å². The Bertz CT molecular complexity index is 1020. The number of methoxy groups -OCH3 is 1. The van der Waals surface area contributed by atoms with E-state index in [1.165, 1.54) is 7.11 Å². The predicted octanol–water partition coefficient (Wildman–Crippen LogP) is 5.90. The van der Waals surface area contributed by atoms with Gasteiger partial charge >= 0.3 is 5.63 Å². The SMILES string of the molecule is COc1ccc2c(O)c([C@H](C)/C(C)=C/CC/C(C)=C\C(=O)CC(C)C)c(=O)oc2c1. The minimum Gasteiger partial charge on any atom is -0.507 e. The Hall–Kier alpha value is -2.82. The molecule has 0 aliphatic heterocycles. The highest BCUT2D eigenvalue weighted by Crippen LogP contribution is 2.35. The molecule has 0 saturated heterocycles. The van der Waals surface area contributed by atoms with Crippen molar-refractivity contribution in [2.75, 3.05) is 7.11 Å². The average Bonchev–Trinajstić information content (AvgIpc) is 2.66. The summed E-state index contributed by atoms with van der Waals surface area (Å²) < 4.78 is 10.6. The van der Waals surface area contributed by atoms with Crippen LogP contribution in [0.3, 0.4) is 0 Å². The molecule has 30 heavy (non-hydrogen) atoms. The van der Waals surface area contributed by atoms with E-state index in [2.05, 4.69) is 0 Å². The van der Waals surface area contributed by atoms with E-state index in [1.807, 2.05) is 40.7 Å². The van der Waals surface area contributed by atoms with Gasteiger partial charge in [-0.2, -0.15) is 0 Å². The monoisotopic (exact) mass is 412 g/mol. The zero-order valence-corrected chi connectivity index (χ0v) is 18.7. The lowest BCUT2D eigenvalue weighted by atomic mass is 9.92. The van der Waals surface area contributed by atoms with Crippen LogP contribution in [-0.2, 0) is 4.79 Å². The van der Waals surface area contributed by atoms with Crippen molar-refractivity contribution in [3.8, 4) is 11.5 Å². The molecule has 2 aromatic rings. The lowest BCUT2D eigenvalue weighted by Gasteiger charge is -2.15. The molecule has 0 aliphatic rings. The van der Waals surface area contributed by atoms with Crippen molar-refractivity contribution in [1.82, 2.24) is 0 Å². The Morgan fingerprint density at radius 2 is 1.93 bits per heavy atom. The van der Waals surface area contributed by atoms with Crippen LogP contribution in [0.25, 0.3) is 11.0 Å². The lowest BCUT2D eigenvalue weighted by Crippen LogP contribution is -2.12. The second-order valence-corrected chi connectivity index (χ2v) is 8.28. The molecule has 1 aromatic carbocycles. The molecule has 1 N–H and O–H groups in total. The molecule has 0 unspecified atom stereocenters. The Morgan fingerprint density at radius 1 is 1.23 bits per heavy atom. The van der Waals surface area contributed by atoms with E-state index in [9.17, 15) is 14.7 Å². The summed E-state index contributed by atoms with van der Waals surface area (Å²) in [6, 6.07) is 4.99. The highest BCUT2D eigenvalue weighted by atomic mass is 16.5. The summed E-state index contributed by atoms with van der Waals surface area (Å²) in [6.07, 6.45) is 5.86. The number of rotatable bonds is 9. The Morgan fingerprint density at radius 3 is 2.57 bits per heavy atom. The van der Waals surface area contributed by atoms with Crippen LogP contribution in [0.2, 0.25) is 0 Å². The summed E-state index contributed by atoms with van der Waals surface area (Å²) >= 11 is 0. The molecule has 1 heterocycles. The highest BCUT2D eigenvalue weighted by molar-refractivity contribution is 5.90. The van der Waals surface area contributed by atoms with Crippen LogP contribution < -0.4 is 10.4 Å². The molecule has 162 valence electrons. The predicted molar refractivity (Wildman–Crippen MR) is 120 cm³/mol. The van der Waals surface area contributed by atoms with E-state index >= 15 is 0 Å². The van der Waals surface area contributed by atoms with Crippen molar-refractivity contribution in [3.05, 3.63) is 57.5 Å². The minimum atomic E-state index is -0.552. The molecular weight excluding hydrogens is 380 g/mol. The number of carbonyl (C=O) groups excluding carboxylic acids is 1. The summed E-state index contributed by atoms with van der Waals surface area (Å²) in [5, 5.41) is 11.2. The van der Waals surface area contributed by atoms with Crippen molar-refractivity contribution >= 4 is 16.8 Å². The highest BCUT2D eigenvalue weighted by Gasteiger charge is 2.21. The number of benzene rings is 1. The van der Waals surface area contributed by atoms with E-state index in [-0.39, 0.29) is 23.0 Å². The van der Waals surface area contributed by atoms with E-state index in [4.69, 9.17) is 9.15 Å². The molecule has 0 bridgehead atoms. The third kappa shape index (κ3) is 5.85. The number of fused-ring (bicyclic) bond motifs is 1. The molecule has 2 rings (SSSR count).